The molecule has 0 saturated heterocycles. The number of carboxylic acid groups (broad SMARTS) is 8. The smallest absolute Gasteiger partial charge is 0.321 e. The Bertz CT molecular complexity index is 1010. The molecule has 0 aromatic rings. The Hall–Kier alpha value is -4.40. The fraction of sp³-hybridized carbons (Fsp3) is 0.500. The van der Waals surface area contributed by atoms with Crippen molar-refractivity contribution in [2.45, 2.75) is 49.7 Å². The molecule has 20 heteroatoms. The van der Waals surface area contributed by atoms with Gasteiger partial charge in [-0.05, 0) is 0 Å². The van der Waals surface area contributed by atoms with Crippen LogP contribution >= 0.6 is 0 Å². The molecule has 0 spiro atoms. The molecule has 4 atom stereocenters. The minimum atomic E-state index is -3.32. The fourth-order valence-corrected chi connectivity index (χ4v) is 0.877. The third-order valence-electron chi connectivity index (χ3n) is 2.35. The predicted octanol–water partition coefficient (Wildman–Crippen LogP) is -4.51. The summed E-state index contributed by atoms with van der Waals surface area (Å²) < 4.78 is 40.2. The molecule has 4 unspecified atom stereocenters. The van der Waals surface area contributed by atoms with Gasteiger partial charge in [-0.2, -0.15) is 0 Å². The number of carbonyl (C=O) groups is 8. The van der Waals surface area contributed by atoms with Crippen molar-refractivity contribution in [3.05, 3.63) is 0 Å². The largest absolute Gasteiger partial charge is 0.481 e. The molecule has 0 amide bonds. The van der Waals surface area contributed by atoms with Gasteiger partial charge in [0.2, 0.25) is 0 Å². The summed E-state index contributed by atoms with van der Waals surface area (Å²) in [6.07, 6.45) is -7.68. The average Bonchev–Trinajstić information content (AvgIpc) is 2.77. The second-order valence-electron chi connectivity index (χ2n) is 5.36. The van der Waals surface area contributed by atoms with Gasteiger partial charge in [-0.25, -0.2) is 0 Å². The zero-order chi connectivity index (χ0) is 35.2. The van der Waals surface area contributed by atoms with Crippen LogP contribution in [0.1, 0.15) is 33.8 Å². The van der Waals surface area contributed by atoms with Gasteiger partial charge < -0.3 is 63.8 Å². The Morgan fingerprint density at radius 1 is 0.500 bits per heavy atom. The van der Waals surface area contributed by atoms with Crippen LogP contribution in [0.5, 0.6) is 0 Å². The summed E-state index contributed by atoms with van der Waals surface area (Å²) in [4.78, 5) is 79.8. The molecule has 0 fully saturated rings. The lowest BCUT2D eigenvalue weighted by molar-refractivity contribution is -0.144. The minimum absolute atomic E-state index is 0.532. The maximum atomic E-state index is 10.2. The van der Waals surface area contributed by atoms with Gasteiger partial charge >= 0.3 is 47.8 Å². The van der Waals surface area contributed by atoms with E-state index >= 15 is 0 Å². The third-order valence-corrected chi connectivity index (χ3v) is 2.35. The van der Waals surface area contributed by atoms with Crippen molar-refractivity contribution in [3.63, 3.8) is 0 Å². The number of hydrogen-bond acceptors (Lipinski definition) is 12. The molecule has 0 aliphatic rings. The Balaban J connectivity index is -0.000000230. The molecule has 0 bridgehead atoms. The molecule has 0 radical (unpaired) electrons. The van der Waals surface area contributed by atoms with E-state index in [4.69, 9.17) is 66.3 Å². The second-order valence-corrected chi connectivity index (χ2v) is 5.36. The van der Waals surface area contributed by atoms with Gasteiger partial charge in [0.05, 0.1) is 28.3 Å². The monoisotopic (exact) mass is 538 g/mol. The van der Waals surface area contributed by atoms with Crippen molar-refractivity contribution in [2.75, 3.05) is 0 Å². The first-order valence-corrected chi connectivity index (χ1v) is 8.25. The molecular weight excluding hydrogens is 504 g/mol. The summed E-state index contributed by atoms with van der Waals surface area (Å²) in [5.74, 6) is -13.2. The molecule has 36 heavy (non-hydrogen) atoms. The van der Waals surface area contributed by atoms with E-state index in [1.165, 1.54) is 0 Å². The van der Waals surface area contributed by atoms with Gasteiger partial charge in [0.1, 0.15) is 24.1 Å². The number of nitrogens with two attached hydrogens (primary N) is 4. The van der Waals surface area contributed by atoms with E-state index < -0.39 is 97.5 Å². The molecule has 0 saturated carbocycles. The van der Waals surface area contributed by atoms with Crippen LogP contribution in [0.25, 0.3) is 0 Å². The molecule has 208 valence electrons. The molecular formula is C16H28N4O16. The van der Waals surface area contributed by atoms with E-state index in [1.807, 2.05) is 0 Å². The highest BCUT2D eigenvalue weighted by Gasteiger charge is 2.16. The van der Waals surface area contributed by atoms with E-state index in [0.717, 1.165) is 0 Å². The van der Waals surface area contributed by atoms with E-state index in [9.17, 15) is 38.4 Å². The van der Waals surface area contributed by atoms with Crippen LogP contribution in [-0.4, -0.2) is 113 Å². The van der Waals surface area contributed by atoms with Crippen LogP contribution in [0.4, 0.5) is 0 Å². The zero-order valence-electron chi connectivity index (χ0n) is 23.7. The fourth-order valence-electron chi connectivity index (χ4n) is 0.877. The summed E-state index contributed by atoms with van der Waals surface area (Å²) in [6.45, 7) is 0. The van der Waals surface area contributed by atoms with Crippen molar-refractivity contribution in [1.29, 1.82) is 0 Å². The third kappa shape index (κ3) is 31.8. The Labute approximate surface area is 209 Å². The summed E-state index contributed by atoms with van der Waals surface area (Å²) in [7, 11) is 0. The van der Waals surface area contributed by atoms with Crippen LogP contribution in [0.15, 0.2) is 0 Å². The van der Waals surface area contributed by atoms with Gasteiger partial charge in [0, 0.05) is 5.48 Å². The van der Waals surface area contributed by atoms with Gasteiger partial charge in [-0.1, -0.05) is 0 Å². The van der Waals surface area contributed by atoms with Crippen LogP contribution in [-0.2, 0) is 38.4 Å². The van der Waals surface area contributed by atoms with Crippen molar-refractivity contribution in [3.8, 4) is 0 Å². The van der Waals surface area contributed by atoms with Crippen LogP contribution in [0.2, 0.25) is 0 Å². The maximum Gasteiger partial charge on any atom is 0.321 e. The molecule has 20 nitrogen and oxygen atoms in total. The second kappa shape index (κ2) is 21.2. The molecule has 0 heterocycles. The van der Waals surface area contributed by atoms with E-state index in [1.54, 1.807) is 0 Å². The van der Waals surface area contributed by atoms with Gasteiger partial charge in [-0.15, -0.1) is 0 Å². The number of hydrogen-bond donors (Lipinski definition) is 12. The normalized spacial score (nSPS) is 17.6. The predicted molar refractivity (Wildman–Crippen MR) is 111 cm³/mol. The SMILES string of the molecule is NC(CC(=O)O)C(=O)O.[2H]C(N)(CC(=O)O)C(=O)O.[2H]C([2H])(C(=O)O)C(N)C(=O)O.[2H]C([2H])(C(=O)O)C([2H])(N)C(=O)O. The van der Waals surface area contributed by atoms with Gasteiger partial charge in [0.15, 0.2) is 0 Å². The first-order chi connectivity index (χ1) is 18.3. The zero-order valence-corrected chi connectivity index (χ0v) is 17.7. The maximum absolute atomic E-state index is 10.2. The van der Waals surface area contributed by atoms with Gasteiger partial charge in [-0.3, -0.25) is 38.4 Å². The number of aliphatic carboxylic acids is 8. The Kier molecular flexibility index (Phi) is 15.4. The molecule has 16 N–H and O–H groups in total. The molecule has 0 rings (SSSR count). The van der Waals surface area contributed by atoms with Crippen LogP contribution in [0, 0.1) is 0 Å². The van der Waals surface area contributed by atoms with Gasteiger partial charge in [0.25, 0.3) is 0 Å². The first kappa shape index (κ1) is 26.2. The van der Waals surface area contributed by atoms with E-state index in [2.05, 4.69) is 5.73 Å². The lowest BCUT2D eigenvalue weighted by Crippen LogP contribution is -2.32. The highest BCUT2D eigenvalue weighted by Crippen LogP contribution is 1.88. The first-order valence-electron chi connectivity index (χ1n) is 11.3. The highest BCUT2D eigenvalue weighted by atomic mass is 16.4. The van der Waals surface area contributed by atoms with Crippen molar-refractivity contribution in [2.24, 2.45) is 22.9 Å². The summed E-state index contributed by atoms with van der Waals surface area (Å²) in [6, 6.07) is -8.92. The van der Waals surface area contributed by atoms with Crippen molar-refractivity contribution in [1.82, 2.24) is 0 Å². The molecule has 0 aromatic carbocycles. The van der Waals surface area contributed by atoms with Crippen molar-refractivity contribution < 1.29 is 87.4 Å². The van der Waals surface area contributed by atoms with Crippen LogP contribution < -0.4 is 22.9 Å². The van der Waals surface area contributed by atoms with E-state index in [0.29, 0.717) is 0 Å². The molecule has 0 aliphatic heterocycles. The minimum Gasteiger partial charge on any atom is -0.481 e. The van der Waals surface area contributed by atoms with Crippen LogP contribution in [0.3, 0.4) is 0 Å². The average molecular weight is 538 g/mol. The topological polar surface area (TPSA) is 402 Å². The van der Waals surface area contributed by atoms with E-state index in [-0.39, 0.29) is 0 Å². The quantitative estimate of drug-likeness (QED) is 0.111. The highest BCUT2D eigenvalue weighted by molar-refractivity contribution is 5.81. The summed E-state index contributed by atoms with van der Waals surface area (Å²) in [5, 5.41) is 64.9. The standard InChI is InChI=1S/4C4H7NO4/c4*5-2(4(8)9)1-3(6)7/h4*2H,1,5H2,(H,6,7)(H,8,9)/i1D2,2D;2D;1D2;. The molecule has 0 aliphatic carbocycles. The Morgan fingerprint density at radius 2 is 0.833 bits per heavy atom. The molecule has 0 aromatic heterocycles. The lowest BCUT2D eigenvalue weighted by Gasteiger charge is -1.99. The summed E-state index contributed by atoms with van der Waals surface area (Å²) in [5.41, 5.74) is 19.0. The summed E-state index contributed by atoms with van der Waals surface area (Å²) >= 11 is 0. The number of rotatable bonds is 12. The Morgan fingerprint density at radius 3 is 0.944 bits per heavy atom. The number of carboxylic acids is 8. The lowest BCUT2D eigenvalue weighted by atomic mass is 10.2. The van der Waals surface area contributed by atoms with Crippen molar-refractivity contribution >= 4 is 47.8 Å².